The van der Waals surface area contributed by atoms with Crippen LogP contribution < -0.4 is 25.7 Å². The number of amides is 1. The first-order chi connectivity index (χ1) is 14.3. The number of hydrogen-bond acceptors (Lipinski definition) is 6. The van der Waals surface area contributed by atoms with E-state index < -0.39 is 29.5 Å². The van der Waals surface area contributed by atoms with Gasteiger partial charge in [-0.1, -0.05) is 12.2 Å². The maximum absolute atomic E-state index is 14.6. The molecule has 2 N–H and O–H groups in total. The van der Waals surface area contributed by atoms with E-state index in [9.17, 15) is 18.4 Å². The summed E-state index contributed by atoms with van der Waals surface area (Å²) in [5.41, 5.74) is -0.479. The number of carbonyl (C=O) groups excluding carboxylic acids is 1. The minimum atomic E-state index is -0.907. The second-order valence-corrected chi connectivity index (χ2v) is 7.13. The molecule has 1 amide bonds. The van der Waals surface area contributed by atoms with Gasteiger partial charge in [-0.3, -0.25) is 9.69 Å². The standard InChI is InChI=1S/C20H19F2N3O4S/c1-11(30)23-9-14-10-25(20(27)29-14)13-7-15(21)19(16(22)8-13)24-12-3-5-17(26)18(28-2)6-4-12/h3-8,14,24H,9-10H2,1-2H3,(H,23,30)/t14-/m0/s1. The molecule has 0 bridgehead atoms. The van der Waals surface area contributed by atoms with Gasteiger partial charge in [0.25, 0.3) is 0 Å². The lowest BCUT2D eigenvalue weighted by Gasteiger charge is -2.16. The summed E-state index contributed by atoms with van der Waals surface area (Å²) in [7, 11) is 1.35. The zero-order valence-electron chi connectivity index (χ0n) is 16.2. The van der Waals surface area contributed by atoms with Crippen molar-refractivity contribution in [1.29, 1.82) is 0 Å². The van der Waals surface area contributed by atoms with E-state index in [4.69, 9.17) is 21.7 Å². The lowest BCUT2D eigenvalue weighted by atomic mass is 10.2. The maximum atomic E-state index is 14.6. The Morgan fingerprint density at radius 1 is 1.23 bits per heavy atom. The van der Waals surface area contributed by atoms with Gasteiger partial charge in [0.1, 0.15) is 11.8 Å². The average Bonchev–Trinajstić information content (AvgIpc) is 2.97. The number of methoxy groups -OCH3 is 1. The Labute approximate surface area is 176 Å². The fraction of sp³-hybridized carbons (Fsp3) is 0.250. The number of anilines is 3. The van der Waals surface area contributed by atoms with Crippen molar-refractivity contribution in [2.24, 2.45) is 0 Å². The first-order valence-electron chi connectivity index (χ1n) is 8.95. The topological polar surface area (TPSA) is 79.9 Å². The van der Waals surface area contributed by atoms with E-state index in [1.807, 2.05) is 0 Å². The molecule has 0 radical (unpaired) electrons. The molecule has 1 heterocycles. The highest BCUT2D eigenvalue weighted by molar-refractivity contribution is 7.80. The maximum Gasteiger partial charge on any atom is 0.414 e. The number of nitrogens with zero attached hydrogens (tertiary/aromatic N) is 1. The molecule has 3 rings (SSSR count). The Morgan fingerprint density at radius 3 is 2.53 bits per heavy atom. The van der Waals surface area contributed by atoms with Crippen LogP contribution >= 0.6 is 12.2 Å². The third-order valence-corrected chi connectivity index (χ3v) is 4.50. The molecule has 7 nitrogen and oxygen atoms in total. The summed E-state index contributed by atoms with van der Waals surface area (Å²) in [4.78, 5) is 25.6. The Balaban J connectivity index is 1.81. The second kappa shape index (κ2) is 9.04. The highest BCUT2D eigenvalue weighted by Crippen LogP contribution is 2.30. The van der Waals surface area contributed by atoms with Crippen LogP contribution in [0.15, 0.2) is 41.2 Å². The number of carbonyl (C=O) groups is 1. The number of benzene rings is 1. The van der Waals surface area contributed by atoms with Crippen LogP contribution in [0.5, 0.6) is 5.75 Å². The van der Waals surface area contributed by atoms with Crippen molar-refractivity contribution in [3.05, 3.63) is 58.3 Å². The van der Waals surface area contributed by atoms with Crippen molar-refractivity contribution in [1.82, 2.24) is 5.32 Å². The highest BCUT2D eigenvalue weighted by atomic mass is 32.1. The molecular weight excluding hydrogens is 416 g/mol. The fourth-order valence-electron chi connectivity index (χ4n) is 2.88. The highest BCUT2D eigenvalue weighted by Gasteiger charge is 2.33. The Morgan fingerprint density at radius 2 is 1.90 bits per heavy atom. The summed E-state index contributed by atoms with van der Waals surface area (Å²) in [6.45, 7) is 2.13. The molecule has 158 valence electrons. The van der Waals surface area contributed by atoms with Crippen molar-refractivity contribution < 1.29 is 23.0 Å². The molecule has 0 aliphatic carbocycles. The van der Waals surface area contributed by atoms with Gasteiger partial charge in [-0.05, 0) is 31.2 Å². The van der Waals surface area contributed by atoms with E-state index in [-0.39, 0.29) is 29.1 Å². The normalized spacial score (nSPS) is 15.5. The van der Waals surface area contributed by atoms with E-state index in [0.29, 0.717) is 11.5 Å². The molecule has 10 heteroatoms. The van der Waals surface area contributed by atoms with Crippen molar-refractivity contribution in [3.63, 3.8) is 0 Å². The first-order valence-corrected chi connectivity index (χ1v) is 9.36. The predicted octanol–water partition coefficient (Wildman–Crippen LogP) is 3.34. The SMILES string of the molecule is COc1ccc(Nc2c(F)cc(N3C[C@H](CNC(C)=S)OC3=O)cc2F)ccc1=O. The molecule has 0 saturated carbocycles. The molecule has 1 aliphatic heterocycles. The van der Waals surface area contributed by atoms with Gasteiger partial charge >= 0.3 is 6.09 Å². The molecule has 1 fully saturated rings. The van der Waals surface area contributed by atoms with Gasteiger partial charge in [-0.25, -0.2) is 13.6 Å². The van der Waals surface area contributed by atoms with E-state index in [1.54, 1.807) is 6.92 Å². The van der Waals surface area contributed by atoms with Crippen LogP contribution in [-0.2, 0) is 4.74 Å². The number of nitrogens with one attached hydrogen (secondary N) is 2. The molecule has 30 heavy (non-hydrogen) atoms. The summed E-state index contributed by atoms with van der Waals surface area (Å²) >= 11 is 4.92. The minimum Gasteiger partial charge on any atom is -0.493 e. The summed E-state index contributed by atoms with van der Waals surface area (Å²) in [5, 5.41) is 5.50. The summed E-state index contributed by atoms with van der Waals surface area (Å²) in [6.07, 6.45) is -1.20. The lowest BCUT2D eigenvalue weighted by molar-refractivity contribution is 0.143. The third kappa shape index (κ3) is 4.82. The van der Waals surface area contributed by atoms with Crippen molar-refractivity contribution >= 4 is 40.4 Å². The largest absolute Gasteiger partial charge is 0.493 e. The number of halogens is 2. The van der Waals surface area contributed by atoms with Crippen molar-refractivity contribution in [3.8, 4) is 5.75 Å². The number of ether oxygens (including phenoxy) is 2. The van der Waals surface area contributed by atoms with Crippen LogP contribution in [0, 0.1) is 11.6 Å². The molecule has 2 aromatic rings. The number of thiocarbonyl (C=S) groups is 1. The Bertz CT molecular complexity index is 1030. The number of hydrogen-bond donors (Lipinski definition) is 2. The van der Waals surface area contributed by atoms with Gasteiger partial charge in [0, 0.05) is 17.8 Å². The van der Waals surface area contributed by atoms with Crippen LogP contribution in [0.4, 0.5) is 30.6 Å². The van der Waals surface area contributed by atoms with Crippen molar-refractivity contribution in [2.75, 3.05) is 30.4 Å². The van der Waals surface area contributed by atoms with Crippen LogP contribution in [0.2, 0.25) is 0 Å². The van der Waals surface area contributed by atoms with Crippen molar-refractivity contribution in [2.45, 2.75) is 13.0 Å². The second-order valence-electron chi connectivity index (χ2n) is 6.52. The number of cyclic esters (lactones) is 1. The summed E-state index contributed by atoms with van der Waals surface area (Å²) < 4.78 is 39.4. The smallest absolute Gasteiger partial charge is 0.414 e. The minimum absolute atomic E-state index is 0.0317. The van der Waals surface area contributed by atoms with Gasteiger partial charge in [0.15, 0.2) is 17.4 Å². The molecule has 0 spiro atoms. The lowest BCUT2D eigenvalue weighted by Crippen LogP contribution is -2.32. The van der Waals surface area contributed by atoms with E-state index in [0.717, 1.165) is 17.0 Å². The van der Waals surface area contributed by atoms with Gasteiger partial charge < -0.3 is 20.1 Å². The van der Waals surface area contributed by atoms with E-state index in [1.165, 1.54) is 31.4 Å². The van der Waals surface area contributed by atoms with E-state index >= 15 is 0 Å². The molecule has 1 atom stereocenters. The molecule has 0 unspecified atom stereocenters. The molecule has 2 aromatic carbocycles. The van der Waals surface area contributed by atoms with E-state index in [2.05, 4.69) is 10.6 Å². The summed E-state index contributed by atoms with van der Waals surface area (Å²) in [6, 6.07) is 7.53. The van der Waals surface area contributed by atoms with Crippen LogP contribution in [0.1, 0.15) is 6.92 Å². The molecule has 0 aromatic heterocycles. The van der Waals surface area contributed by atoms with Crippen LogP contribution in [0.3, 0.4) is 0 Å². The van der Waals surface area contributed by atoms with Gasteiger partial charge in [0.05, 0.1) is 30.9 Å². The van der Waals surface area contributed by atoms with Gasteiger partial charge in [-0.15, -0.1) is 0 Å². The monoisotopic (exact) mass is 435 g/mol. The summed E-state index contributed by atoms with van der Waals surface area (Å²) in [5.74, 6) is -1.72. The average molecular weight is 435 g/mol. The zero-order chi connectivity index (χ0) is 21.8. The van der Waals surface area contributed by atoms with Gasteiger partial charge in [-0.2, -0.15) is 0 Å². The molecular formula is C20H19F2N3O4S. The van der Waals surface area contributed by atoms with Crippen LogP contribution in [0.25, 0.3) is 0 Å². The predicted molar refractivity (Wildman–Crippen MR) is 113 cm³/mol. The zero-order valence-corrected chi connectivity index (χ0v) is 17.0. The first kappa shape index (κ1) is 21.4. The Hall–Kier alpha value is -3.27. The third-order valence-electron chi connectivity index (χ3n) is 4.35. The van der Waals surface area contributed by atoms with Gasteiger partial charge in [0.2, 0.25) is 5.43 Å². The Kier molecular flexibility index (Phi) is 6.46. The molecule has 1 aliphatic rings. The quantitative estimate of drug-likeness (QED) is 0.674. The fourth-order valence-corrected chi connectivity index (χ4v) is 2.96. The number of rotatable bonds is 6. The molecule has 1 saturated heterocycles. The van der Waals surface area contributed by atoms with Crippen LogP contribution in [-0.4, -0.2) is 37.4 Å².